The SMILES string of the molecule is CCn1cc(COC)c2ccc(F)cc21. The van der Waals surface area contributed by atoms with Gasteiger partial charge in [-0.05, 0) is 25.1 Å². The van der Waals surface area contributed by atoms with Crippen LogP contribution in [0.2, 0.25) is 0 Å². The van der Waals surface area contributed by atoms with Crippen molar-refractivity contribution < 1.29 is 9.13 Å². The van der Waals surface area contributed by atoms with Gasteiger partial charge in [-0.25, -0.2) is 4.39 Å². The van der Waals surface area contributed by atoms with Gasteiger partial charge in [0, 0.05) is 30.8 Å². The van der Waals surface area contributed by atoms with Gasteiger partial charge >= 0.3 is 0 Å². The molecule has 0 spiro atoms. The highest BCUT2D eigenvalue weighted by molar-refractivity contribution is 5.84. The highest BCUT2D eigenvalue weighted by Gasteiger charge is 2.07. The van der Waals surface area contributed by atoms with Crippen molar-refractivity contribution in [3.8, 4) is 0 Å². The van der Waals surface area contributed by atoms with E-state index in [9.17, 15) is 4.39 Å². The van der Waals surface area contributed by atoms with Gasteiger partial charge in [0.25, 0.3) is 0 Å². The Bertz CT molecular complexity index is 476. The third-order valence-electron chi connectivity index (χ3n) is 2.57. The molecule has 2 nitrogen and oxygen atoms in total. The zero-order valence-corrected chi connectivity index (χ0v) is 8.96. The molecular weight excluding hydrogens is 193 g/mol. The molecule has 0 radical (unpaired) electrons. The first kappa shape index (κ1) is 10.2. The monoisotopic (exact) mass is 207 g/mol. The third kappa shape index (κ3) is 1.75. The van der Waals surface area contributed by atoms with Gasteiger partial charge in [-0.1, -0.05) is 0 Å². The minimum absolute atomic E-state index is 0.195. The molecule has 2 aromatic rings. The lowest BCUT2D eigenvalue weighted by Crippen LogP contribution is -1.91. The second-order valence-electron chi connectivity index (χ2n) is 3.53. The van der Waals surface area contributed by atoms with E-state index in [0.29, 0.717) is 6.61 Å². The van der Waals surface area contributed by atoms with Gasteiger partial charge < -0.3 is 9.30 Å². The minimum atomic E-state index is -0.195. The first-order chi connectivity index (χ1) is 7.26. The van der Waals surface area contributed by atoms with Gasteiger partial charge in [-0.2, -0.15) is 0 Å². The van der Waals surface area contributed by atoms with Crippen LogP contribution in [0.25, 0.3) is 10.9 Å². The van der Waals surface area contributed by atoms with Crippen LogP contribution in [0, 0.1) is 5.82 Å². The van der Waals surface area contributed by atoms with E-state index in [1.165, 1.54) is 6.07 Å². The van der Waals surface area contributed by atoms with Crippen LogP contribution in [0.15, 0.2) is 24.4 Å². The Labute approximate surface area is 88.3 Å². The largest absolute Gasteiger partial charge is 0.380 e. The Kier molecular flexibility index (Phi) is 2.73. The van der Waals surface area contributed by atoms with Gasteiger partial charge in [0.1, 0.15) is 5.82 Å². The molecule has 80 valence electrons. The van der Waals surface area contributed by atoms with Gasteiger partial charge in [-0.3, -0.25) is 0 Å². The van der Waals surface area contributed by atoms with Crippen LogP contribution in [-0.4, -0.2) is 11.7 Å². The van der Waals surface area contributed by atoms with Crippen molar-refractivity contribution in [3.63, 3.8) is 0 Å². The van der Waals surface area contributed by atoms with E-state index in [-0.39, 0.29) is 5.82 Å². The molecule has 0 unspecified atom stereocenters. The van der Waals surface area contributed by atoms with Crippen LogP contribution < -0.4 is 0 Å². The van der Waals surface area contributed by atoms with E-state index in [4.69, 9.17) is 4.74 Å². The van der Waals surface area contributed by atoms with Gasteiger partial charge in [0.05, 0.1) is 12.1 Å². The molecule has 0 bridgehead atoms. The van der Waals surface area contributed by atoms with E-state index in [0.717, 1.165) is 23.0 Å². The summed E-state index contributed by atoms with van der Waals surface area (Å²) in [4.78, 5) is 0. The van der Waals surface area contributed by atoms with E-state index >= 15 is 0 Å². The summed E-state index contributed by atoms with van der Waals surface area (Å²) in [6.07, 6.45) is 2.02. The predicted molar refractivity (Wildman–Crippen MR) is 58.3 cm³/mol. The number of rotatable bonds is 3. The first-order valence-electron chi connectivity index (χ1n) is 5.02. The summed E-state index contributed by atoms with van der Waals surface area (Å²) < 4.78 is 20.3. The smallest absolute Gasteiger partial charge is 0.125 e. The molecule has 0 saturated heterocycles. The molecule has 3 heteroatoms. The Hall–Kier alpha value is -1.35. The summed E-state index contributed by atoms with van der Waals surface area (Å²) in [5, 5.41) is 1.07. The average Bonchev–Trinajstić information content (AvgIpc) is 2.56. The van der Waals surface area contributed by atoms with Crippen molar-refractivity contribution in [2.24, 2.45) is 0 Å². The van der Waals surface area contributed by atoms with Crippen molar-refractivity contribution in [1.82, 2.24) is 4.57 Å². The number of hydrogen-bond donors (Lipinski definition) is 0. The molecule has 0 N–H and O–H groups in total. The fraction of sp³-hybridized carbons (Fsp3) is 0.333. The van der Waals surface area contributed by atoms with Crippen LogP contribution in [0.4, 0.5) is 4.39 Å². The molecule has 0 aliphatic carbocycles. The normalized spacial score (nSPS) is 11.1. The number of aromatic nitrogens is 1. The topological polar surface area (TPSA) is 14.2 Å². The number of methoxy groups -OCH3 is 1. The molecule has 0 atom stereocenters. The number of halogens is 1. The fourth-order valence-corrected chi connectivity index (χ4v) is 1.87. The van der Waals surface area contributed by atoms with Crippen molar-refractivity contribution in [3.05, 3.63) is 35.8 Å². The molecule has 1 aromatic carbocycles. The number of hydrogen-bond acceptors (Lipinski definition) is 1. The summed E-state index contributed by atoms with van der Waals surface area (Å²) in [6, 6.07) is 4.87. The van der Waals surface area contributed by atoms with Crippen molar-refractivity contribution in [2.75, 3.05) is 7.11 Å². The molecule has 0 aliphatic rings. The molecule has 0 aliphatic heterocycles. The number of ether oxygens (including phenoxy) is 1. The van der Waals surface area contributed by atoms with Gasteiger partial charge in [0.2, 0.25) is 0 Å². The summed E-state index contributed by atoms with van der Waals surface area (Å²) in [7, 11) is 1.67. The van der Waals surface area contributed by atoms with Crippen LogP contribution in [0.3, 0.4) is 0 Å². The van der Waals surface area contributed by atoms with Crippen LogP contribution in [0.1, 0.15) is 12.5 Å². The maximum Gasteiger partial charge on any atom is 0.125 e. The second-order valence-corrected chi connectivity index (χ2v) is 3.53. The van der Waals surface area contributed by atoms with Crippen LogP contribution in [-0.2, 0) is 17.9 Å². The standard InChI is InChI=1S/C12H14FNO/c1-3-14-7-9(8-15-2)11-5-4-10(13)6-12(11)14/h4-7H,3,8H2,1-2H3. The second kappa shape index (κ2) is 4.03. The number of benzene rings is 1. The van der Waals surface area contributed by atoms with Crippen LogP contribution in [0.5, 0.6) is 0 Å². The average molecular weight is 207 g/mol. The first-order valence-corrected chi connectivity index (χ1v) is 5.02. The van der Waals surface area contributed by atoms with Gasteiger partial charge in [-0.15, -0.1) is 0 Å². The summed E-state index contributed by atoms with van der Waals surface area (Å²) >= 11 is 0. The number of nitrogens with zero attached hydrogens (tertiary/aromatic N) is 1. The third-order valence-corrected chi connectivity index (χ3v) is 2.57. The number of aryl methyl sites for hydroxylation is 1. The zero-order chi connectivity index (χ0) is 10.8. The van der Waals surface area contributed by atoms with Gasteiger partial charge in [0.15, 0.2) is 0 Å². The molecule has 0 amide bonds. The van der Waals surface area contributed by atoms with Crippen molar-refractivity contribution in [1.29, 1.82) is 0 Å². The molecule has 1 heterocycles. The Morgan fingerprint density at radius 2 is 2.20 bits per heavy atom. The highest BCUT2D eigenvalue weighted by Crippen LogP contribution is 2.22. The lowest BCUT2D eigenvalue weighted by Gasteiger charge is -1.99. The quantitative estimate of drug-likeness (QED) is 0.754. The Morgan fingerprint density at radius 1 is 1.40 bits per heavy atom. The van der Waals surface area contributed by atoms with Crippen molar-refractivity contribution >= 4 is 10.9 Å². The predicted octanol–water partition coefficient (Wildman–Crippen LogP) is 2.95. The lowest BCUT2D eigenvalue weighted by atomic mass is 10.2. The van der Waals surface area contributed by atoms with E-state index in [2.05, 4.69) is 0 Å². The molecule has 1 aromatic heterocycles. The van der Waals surface area contributed by atoms with Crippen molar-refractivity contribution in [2.45, 2.75) is 20.1 Å². The Balaban J connectivity index is 2.64. The number of fused-ring (bicyclic) bond motifs is 1. The highest BCUT2D eigenvalue weighted by atomic mass is 19.1. The maximum atomic E-state index is 13.1. The van der Waals surface area contributed by atoms with E-state index in [1.54, 1.807) is 13.2 Å². The van der Waals surface area contributed by atoms with E-state index in [1.807, 2.05) is 23.8 Å². The van der Waals surface area contributed by atoms with E-state index < -0.39 is 0 Å². The summed E-state index contributed by atoms with van der Waals surface area (Å²) in [5.41, 5.74) is 2.04. The molecule has 15 heavy (non-hydrogen) atoms. The molecular formula is C12H14FNO. The summed E-state index contributed by atoms with van der Waals surface area (Å²) in [6.45, 7) is 3.44. The fourth-order valence-electron chi connectivity index (χ4n) is 1.87. The molecule has 0 fully saturated rings. The zero-order valence-electron chi connectivity index (χ0n) is 8.96. The summed E-state index contributed by atoms with van der Waals surface area (Å²) in [5.74, 6) is -0.195. The molecule has 0 saturated carbocycles. The lowest BCUT2D eigenvalue weighted by molar-refractivity contribution is 0.186. The van der Waals surface area contributed by atoms with Crippen LogP contribution >= 0.6 is 0 Å². The Morgan fingerprint density at radius 3 is 2.87 bits per heavy atom. The maximum absolute atomic E-state index is 13.1. The molecule has 2 rings (SSSR count). The minimum Gasteiger partial charge on any atom is -0.380 e.